The molecule has 2 unspecified atom stereocenters. The first-order valence-corrected chi connectivity index (χ1v) is 6.94. The molecule has 1 aromatic rings. The van der Waals surface area contributed by atoms with Gasteiger partial charge in [0, 0.05) is 12.1 Å². The van der Waals surface area contributed by atoms with Crippen LogP contribution in [0.4, 0.5) is 8.78 Å². The summed E-state index contributed by atoms with van der Waals surface area (Å²) in [6.45, 7) is 1.51. The molecule has 1 N–H and O–H groups in total. The summed E-state index contributed by atoms with van der Waals surface area (Å²) in [7, 11) is 0. The summed E-state index contributed by atoms with van der Waals surface area (Å²) in [6, 6.07) is 2.26. The number of hydrogen-bond donors (Lipinski definition) is 1. The Kier molecular flexibility index (Phi) is 3.24. The van der Waals surface area contributed by atoms with Crippen LogP contribution >= 0.6 is 0 Å². The van der Waals surface area contributed by atoms with Crippen LogP contribution in [-0.2, 0) is 0 Å². The lowest BCUT2D eigenvalue weighted by Crippen LogP contribution is -2.48. The number of nitrogens with zero attached hydrogens (tertiary/aromatic N) is 1. The van der Waals surface area contributed by atoms with Crippen LogP contribution in [0.1, 0.15) is 41.6 Å². The smallest absolute Gasteiger partial charge is 0.260 e. The van der Waals surface area contributed by atoms with Gasteiger partial charge >= 0.3 is 0 Å². The van der Waals surface area contributed by atoms with Crippen LogP contribution in [0.25, 0.3) is 0 Å². The Bertz CT molecular complexity index is 547. The summed E-state index contributed by atoms with van der Waals surface area (Å²) < 4.78 is 27.9. The van der Waals surface area contributed by atoms with Crippen LogP contribution in [0.15, 0.2) is 12.1 Å². The van der Waals surface area contributed by atoms with Gasteiger partial charge in [-0.3, -0.25) is 4.79 Å². The first-order chi connectivity index (χ1) is 9.49. The number of carbonyl (C=O) groups excluding carboxylic acids is 1. The zero-order valence-corrected chi connectivity index (χ0v) is 11.3. The number of benzene rings is 1. The second-order valence-electron chi connectivity index (χ2n) is 5.78. The van der Waals surface area contributed by atoms with Gasteiger partial charge in [0.25, 0.3) is 5.91 Å². The molecular weight excluding hydrogens is 264 g/mol. The van der Waals surface area contributed by atoms with Gasteiger partial charge in [0.05, 0.1) is 6.10 Å². The Hall–Kier alpha value is -1.49. The number of amides is 1. The third-order valence-corrected chi connectivity index (χ3v) is 4.44. The maximum absolute atomic E-state index is 14.1. The standard InChI is InChI=1S/C15H17F2NO2/c1-8-2-5-12(16)13(14(8)17)15(20)18-9-3-4-10(18)7-11(19)6-9/h2,5,9-11,19H,3-4,6-7H2,1H3. The first kappa shape index (κ1) is 13.5. The number of rotatable bonds is 1. The van der Waals surface area contributed by atoms with Crippen molar-refractivity contribution in [2.24, 2.45) is 0 Å². The predicted molar refractivity (Wildman–Crippen MR) is 69.3 cm³/mol. The molecule has 0 saturated carbocycles. The van der Waals surface area contributed by atoms with Crippen molar-refractivity contribution < 1.29 is 18.7 Å². The highest BCUT2D eigenvalue weighted by molar-refractivity contribution is 5.95. The SMILES string of the molecule is Cc1ccc(F)c(C(=O)N2C3CCC2CC(O)C3)c1F. The fourth-order valence-electron chi connectivity index (χ4n) is 3.46. The van der Waals surface area contributed by atoms with Gasteiger partial charge in [-0.05, 0) is 44.2 Å². The minimum Gasteiger partial charge on any atom is -0.393 e. The third-order valence-electron chi connectivity index (χ3n) is 4.44. The lowest BCUT2D eigenvalue weighted by molar-refractivity contribution is 0.0280. The lowest BCUT2D eigenvalue weighted by atomic mass is 9.98. The number of hydrogen-bond acceptors (Lipinski definition) is 2. The van der Waals surface area contributed by atoms with E-state index >= 15 is 0 Å². The van der Waals surface area contributed by atoms with Crippen molar-refractivity contribution >= 4 is 5.91 Å². The number of piperidine rings is 1. The maximum Gasteiger partial charge on any atom is 0.260 e. The molecular formula is C15H17F2NO2. The summed E-state index contributed by atoms with van der Waals surface area (Å²) >= 11 is 0. The molecule has 2 aliphatic rings. The molecule has 2 bridgehead atoms. The van der Waals surface area contributed by atoms with E-state index in [1.54, 1.807) is 4.90 Å². The summed E-state index contributed by atoms with van der Waals surface area (Å²) in [5.74, 6) is -2.17. The first-order valence-electron chi connectivity index (χ1n) is 6.94. The van der Waals surface area contributed by atoms with Crippen LogP contribution in [0.2, 0.25) is 0 Å². The molecule has 0 aliphatic carbocycles. The largest absolute Gasteiger partial charge is 0.393 e. The zero-order chi connectivity index (χ0) is 14.4. The van der Waals surface area contributed by atoms with Crippen LogP contribution in [0, 0.1) is 18.6 Å². The van der Waals surface area contributed by atoms with Crippen molar-refractivity contribution in [3.63, 3.8) is 0 Å². The van der Waals surface area contributed by atoms with E-state index in [-0.39, 0.29) is 17.6 Å². The molecule has 3 nitrogen and oxygen atoms in total. The molecule has 2 atom stereocenters. The summed E-state index contributed by atoms with van der Waals surface area (Å²) in [5, 5.41) is 9.73. The highest BCUT2D eigenvalue weighted by Gasteiger charge is 2.44. The number of halogens is 2. The molecule has 20 heavy (non-hydrogen) atoms. The van der Waals surface area contributed by atoms with Crippen molar-refractivity contribution in [3.05, 3.63) is 34.9 Å². The van der Waals surface area contributed by atoms with E-state index in [2.05, 4.69) is 0 Å². The van der Waals surface area contributed by atoms with Gasteiger partial charge in [-0.15, -0.1) is 0 Å². The van der Waals surface area contributed by atoms with Crippen LogP contribution < -0.4 is 0 Å². The van der Waals surface area contributed by atoms with E-state index in [0.29, 0.717) is 12.8 Å². The van der Waals surface area contributed by atoms with Crippen molar-refractivity contribution in [3.8, 4) is 0 Å². The normalized spacial score (nSPS) is 28.8. The van der Waals surface area contributed by atoms with Gasteiger partial charge in [0.2, 0.25) is 0 Å². The summed E-state index contributed by atoms with van der Waals surface area (Å²) in [5.41, 5.74) is -0.197. The molecule has 2 saturated heterocycles. The number of aliphatic hydroxyl groups excluding tert-OH is 1. The Morgan fingerprint density at radius 3 is 2.45 bits per heavy atom. The fourth-order valence-corrected chi connectivity index (χ4v) is 3.46. The minimum atomic E-state index is -0.816. The van der Waals surface area contributed by atoms with Gasteiger partial charge in [-0.1, -0.05) is 6.07 Å². The number of carbonyl (C=O) groups is 1. The zero-order valence-electron chi connectivity index (χ0n) is 11.3. The van der Waals surface area contributed by atoms with Crippen LogP contribution in [0.5, 0.6) is 0 Å². The number of aryl methyl sites for hydroxylation is 1. The van der Waals surface area contributed by atoms with Crippen molar-refractivity contribution in [2.75, 3.05) is 0 Å². The molecule has 5 heteroatoms. The van der Waals surface area contributed by atoms with Gasteiger partial charge in [0.15, 0.2) is 0 Å². The minimum absolute atomic E-state index is 0.101. The van der Waals surface area contributed by atoms with Gasteiger partial charge < -0.3 is 10.0 Å². The monoisotopic (exact) mass is 281 g/mol. The van der Waals surface area contributed by atoms with Crippen molar-refractivity contribution in [1.82, 2.24) is 4.90 Å². The van der Waals surface area contributed by atoms with E-state index in [4.69, 9.17) is 0 Å². The number of fused-ring (bicyclic) bond motifs is 2. The predicted octanol–water partition coefficient (Wildman–Crippen LogP) is 2.40. The van der Waals surface area contributed by atoms with E-state index in [0.717, 1.165) is 18.9 Å². The Morgan fingerprint density at radius 1 is 1.25 bits per heavy atom. The Balaban J connectivity index is 1.96. The topological polar surface area (TPSA) is 40.5 Å². The second-order valence-corrected chi connectivity index (χ2v) is 5.78. The van der Waals surface area contributed by atoms with E-state index in [9.17, 15) is 18.7 Å². The van der Waals surface area contributed by atoms with Gasteiger partial charge in [0.1, 0.15) is 17.2 Å². The molecule has 1 amide bonds. The molecule has 3 rings (SSSR count). The maximum atomic E-state index is 14.1. The quantitative estimate of drug-likeness (QED) is 0.858. The third kappa shape index (κ3) is 2.00. The molecule has 0 spiro atoms. The highest BCUT2D eigenvalue weighted by Crippen LogP contribution is 2.37. The average molecular weight is 281 g/mol. The van der Waals surface area contributed by atoms with Crippen LogP contribution in [-0.4, -0.2) is 34.1 Å². The molecule has 108 valence electrons. The summed E-state index contributed by atoms with van der Waals surface area (Å²) in [6.07, 6.45) is 2.17. The summed E-state index contributed by atoms with van der Waals surface area (Å²) in [4.78, 5) is 14.1. The molecule has 1 aromatic carbocycles. The van der Waals surface area contributed by atoms with Crippen LogP contribution in [0.3, 0.4) is 0 Å². The molecule has 0 radical (unpaired) electrons. The Labute approximate surface area is 116 Å². The van der Waals surface area contributed by atoms with Crippen molar-refractivity contribution in [1.29, 1.82) is 0 Å². The van der Waals surface area contributed by atoms with Crippen molar-refractivity contribution in [2.45, 2.75) is 50.8 Å². The van der Waals surface area contributed by atoms with Gasteiger partial charge in [-0.25, -0.2) is 8.78 Å². The van der Waals surface area contributed by atoms with E-state index in [1.165, 1.54) is 13.0 Å². The second kappa shape index (κ2) is 4.81. The molecule has 2 fully saturated rings. The number of aliphatic hydroxyl groups is 1. The van der Waals surface area contributed by atoms with E-state index in [1.807, 2.05) is 0 Å². The molecule has 2 aliphatic heterocycles. The highest BCUT2D eigenvalue weighted by atomic mass is 19.1. The molecule has 0 aromatic heterocycles. The van der Waals surface area contributed by atoms with E-state index < -0.39 is 29.2 Å². The Morgan fingerprint density at radius 2 is 1.85 bits per heavy atom. The fraction of sp³-hybridized carbons (Fsp3) is 0.533. The molecule has 2 heterocycles. The average Bonchev–Trinajstić information content (AvgIpc) is 2.67. The van der Waals surface area contributed by atoms with Gasteiger partial charge in [-0.2, -0.15) is 0 Å². The lowest BCUT2D eigenvalue weighted by Gasteiger charge is -2.37.